The molecule has 5 nitrogen and oxygen atoms in total. The fraction of sp³-hybridized carbons (Fsp3) is 0.154. The first kappa shape index (κ1) is 23.7. The lowest BCUT2D eigenvalue weighted by Gasteiger charge is -2.15. The average molecular weight is 664 g/mol. The third-order valence-corrected chi connectivity index (χ3v) is 6.52. The highest BCUT2D eigenvalue weighted by atomic mass is 127. The number of rotatable bonds is 7. The Balaban J connectivity index is 1.60. The van der Waals surface area contributed by atoms with Crippen molar-refractivity contribution in [3.05, 3.63) is 90.6 Å². The molecule has 0 N–H and O–H groups in total. The number of halogens is 2. The number of carbonyl (C=O) groups excluding carboxylic acids is 1. The Labute approximate surface area is 220 Å². The zero-order chi connectivity index (χ0) is 23.4. The van der Waals surface area contributed by atoms with Crippen molar-refractivity contribution in [1.82, 2.24) is 0 Å². The van der Waals surface area contributed by atoms with Crippen LogP contribution in [0.4, 0.5) is 5.69 Å². The van der Waals surface area contributed by atoms with Crippen LogP contribution in [0.1, 0.15) is 25.0 Å². The summed E-state index contributed by atoms with van der Waals surface area (Å²) in [6, 6.07) is 21.6. The van der Waals surface area contributed by atoms with E-state index in [4.69, 9.17) is 9.47 Å². The van der Waals surface area contributed by atoms with E-state index in [0.717, 1.165) is 20.4 Å². The van der Waals surface area contributed by atoms with Crippen LogP contribution in [0.15, 0.2) is 77.4 Å². The van der Waals surface area contributed by atoms with Gasteiger partial charge in [0.1, 0.15) is 6.61 Å². The lowest BCUT2D eigenvalue weighted by atomic mass is 10.1. The SMILES string of the molecule is CCOc1cc(/C=C2/C(=O)N(c3ccccc3)N=C2C)cc(I)c1OCc1ccc(I)cc1. The van der Waals surface area contributed by atoms with Crippen LogP contribution in [-0.2, 0) is 11.4 Å². The molecule has 0 unspecified atom stereocenters. The van der Waals surface area contributed by atoms with Crippen molar-refractivity contribution in [1.29, 1.82) is 0 Å². The maximum Gasteiger partial charge on any atom is 0.280 e. The van der Waals surface area contributed by atoms with E-state index < -0.39 is 0 Å². The molecule has 0 fully saturated rings. The zero-order valence-corrected chi connectivity index (χ0v) is 22.5. The summed E-state index contributed by atoms with van der Waals surface area (Å²) in [6.45, 7) is 4.75. The molecule has 1 heterocycles. The van der Waals surface area contributed by atoms with Crippen molar-refractivity contribution in [3.63, 3.8) is 0 Å². The van der Waals surface area contributed by atoms with Crippen molar-refractivity contribution in [2.45, 2.75) is 20.5 Å². The second-order valence-electron chi connectivity index (χ2n) is 7.37. The summed E-state index contributed by atoms with van der Waals surface area (Å²) in [5, 5.41) is 5.90. The summed E-state index contributed by atoms with van der Waals surface area (Å²) in [4.78, 5) is 13.1. The largest absolute Gasteiger partial charge is 0.490 e. The van der Waals surface area contributed by atoms with E-state index in [-0.39, 0.29) is 5.91 Å². The normalized spacial score (nSPS) is 14.5. The van der Waals surface area contributed by atoms with Crippen LogP contribution < -0.4 is 14.5 Å². The first-order chi connectivity index (χ1) is 16.0. The third-order valence-electron chi connectivity index (χ3n) is 5.00. The minimum atomic E-state index is -0.147. The monoisotopic (exact) mass is 664 g/mol. The number of hydrogen-bond acceptors (Lipinski definition) is 4. The number of amides is 1. The first-order valence-corrected chi connectivity index (χ1v) is 12.6. The van der Waals surface area contributed by atoms with Crippen molar-refractivity contribution >= 4 is 68.6 Å². The number of anilines is 1. The number of hydrogen-bond donors (Lipinski definition) is 0. The van der Waals surface area contributed by atoms with Gasteiger partial charge in [0.2, 0.25) is 0 Å². The van der Waals surface area contributed by atoms with Crippen molar-refractivity contribution in [2.24, 2.45) is 5.10 Å². The zero-order valence-electron chi connectivity index (χ0n) is 18.2. The van der Waals surface area contributed by atoms with Crippen molar-refractivity contribution < 1.29 is 14.3 Å². The molecule has 3 aromatic carbocycles. The van der Waals surface area contributed by atoms with Gasteiger partial charge in [0.15, 0.2) is 11.5 Å². The number of nitrogens with zero attached hydrogens (tertiary/aromatic N) is 2. The van der Waals surface area contributed by atoms with Gasteiger partial charge in [0.25, 0.3) is 5.91 Å². The number of hydrazone groups is 1. The van der Waals surface area contributed by atoms with Crippen LogP contribution in [-0.4, -0.2) is 18.2 Å². The summed E-state index contributed by atoms with van der Waals surface area (Å²) in [6.07, 6.45) is 1.86. The highest BCUT2D eigenvalue weighted by Gasteiger charge is 2.28. The highest BCUT2D eigenvalue weighted by molar-refractivity contribution is 14.1. The van der Waals surface area contributed by atoms with E-state index in [0.29, 0.717) is 36.0 Å². The molecule has 4 rings (SSSR count). The number of carbonyl (C=O) groups is 1. The van der Waals surface area contributed by atoms with Gasteiger partial charge in [0, 0.05) is 3.57 Å². The highest BCUT2D eigenvalue weighted by Crippen LogP contribution is 2.36. The molecule has 3 aromatic rings. The van der Waals surface area contributed by atoms with Crippen molar-refractivity contribution in [3.8, 4) is 11.5 Å². The Bertz CT molecular complexity index is 1220. The van der Waals surface area contributed by atoms with Gasteiger partial charge in [-0.05, 0) is 113 Å². The first-order valence-electron chi connectivity index (χ1n) is 10.5. The average Bonchev–Trinajstić information content (AvgIpc) is 3.09. The third kappa shape index (κ3) is 5.57. The van der Waals surface area contributed by atoms with Gasteiger partial charge < -0.3 is 9.47 Å². The summed E-state index contributed by atoms with van der Waals surface area (Å²) in [5.41, 5.74) is 3.93. The van der Waals surface area contributed by atoms with Crippen molar-refractivity contribution in [2.75, 3.05) is 11.6 Å². The maximum absolute atomic E-state index is 13.1. The van der Waals surface area contributed by atoms with Gasteiger partial charge in [-0.3, -0.25) is 4.79 Å². The van der Waals surface area contributed by atoms with Crippen LogP contribution in [0, 0.1) is 7.14 Å². The smallest absolute Gasteiger partial charge is 0.280 e. The van der Waals surface area contributed by atoms with E-state index in [2.05, 4.69) is 74.5 Å². The molecule has 0 saturated carbocycles. The maximum atomic E-state index is 13.1. The Morgan fingerprint density at radius 2 is 1.73 bits per heavy atom. The van der Waals surface area contributed by atoms with E-state index in [1.807, 2.05) is 62.4 Å². The molecule has 0 aliphatic carbocycles. The standard InChI is InChI=1S/C26H22I2N2O3/c1-3-32-24-15-19(14-23(28)25(24)33-16-18-9-11-20(27)12-10-18)13-22-17(2)29-30(26(22)31)21-7-5-4-6-8-21/h4-15H,3,16H2,1-2H3/b22-13+. The second kappa shape index (κ2) is 10.7. The Hall–Kier alpha value is -2.40. The molecule has 1 aliphatic heterocycles. The van der Waals surface area contributed by atoms with E-state index in [9.17, 15) is 4.79 Å². The lowest BCUT2D eigenvalue weighted by molar-refractivity contribution is -0.114. The van der Waals surface area contributed by atoms with Crippen LogP contribution in [0.5, 0.6) is 11.5 Å². The topological polar surface area (TPSA) is 51.1 Å². The van der Waals surface area contributed by atoms with Gasteiger partial charge in [-0.2, -0.15) is 10.1 Å². The van der Waals surface area contributed by atoms with Gasteiger partial charge in [-0.25, -0.2) is 0 Å². The number of para-hydroxylation sites is 1. The molecular weight excluding hydrogens is 642 g/mol. The molecule has 0 radical (unpaired) electrons. The Kier molecular flexibility index (Phi) is 7.69. The molecule has 7 heteroatoms. The fourth-order valence-corrected chi connectivity index (χ4v) is 4.55. The van der Waals surface area contributed by atoms with Crippen LogP contribution in [0.3, 0.4) is 0 Å². The quantitative estimate of drug-likeness (QED) is 0.209. The number of ether oxygens (including phenoxy) is 2. The minimum absolute atomic E-state index is 0.147. The molecule has 33 heavy (non-hydrogen) atoms. The van der Waals surface area contributed by atoms with Gasteiger partial charge >= 0.3 is 0 Å². The summed E-state index contributed by atoms with van der Waals surface area (Å²) in [7, 11) is 0. The predicted octanol–water partition coefficient (Wildman–Crippen LogP) is 6.68. The van der Waals surface area contributed by atoms with Crippen LogP contribution in [0.25, 0.3) is 6.08 Å². The summed E-state index contributed by atoms with van der Waals surface area (Å²) >= 11 is 4.53. The molecule has 168 valence electrons. The lowest BCUT2D eigenvalue weighted by Crippen LogP contribution is -2.21. The summed E-state index contributed by atoms with van der Waals surface area (Å²) < 4.78 is 14.1. The molecule has 0 saturated heterocycles. The Morgan fingerprint density at radius 1 is 1.00 bits per heavy atom. The van der Waals surface area contributed by atoms with Gasteiger partial charge in [-0.1, -0.05) is 30.3 Å². The Morgan fingerprint density at radius 3 is 2.42 bits per heavy atom. The molecule has 0 atom stereocenters. The molecule has 0 aromatic heterocycles. The van der Waals surface area contributed by atoms with E-state index in [1.54, 1.807) is 0 Å². The fourth-order valence-electron chi connectivity index (χ4n) is 3.41. The molecule has 0 spiro atoms. The molecule has 0 bridgehead atoms. The number of benzene rings is 3. The van der Waals surface area contributed by atoms with E-state index >= 15 is 0 Å². The summed E-state index contributed by atoms with van der Waals surface area (Å²) in [5.74, 6) is 1.21. The molecular formula is C26H22I2N2O3. The predicted molar refractivity (Wildman–Crippen MR) is 149 cm³/mol. The van der Waals surface area contributed by atoms with Gasteiger partial charge in [-0.15, -0.1) is 0 Å². The minimum Gasteiger partial charge on any atom is -0.490 e. The van der Waals surface area contributed by atoms with Crippen LogP contribution >= 0.6 is 45.2 Å². The van der Waals surface area contributed by atoms with E-state index in [1.165, 1.54) is 8.58 Å². The molecule has 1 amide bonds. The second-order valence-corrected chi connectivity index (χ2v) is 9.78. The van der Waals surface area contributed by atoms with Gasteiger partial charge in [0.05, 0.1) is 27.1 Å². The molecule has 1 aliphatic rings. The van der Waals surface area contributed by atoms with Crippen LogP contribution in [0.2, 0.25) is 0 Å².